The molecule has 0 aliphatic rings. The lowest BCUT2D eigenvalue weighted by Crippen LogP contribution is -2.57. The minimum absolute atomic E-state index is 0.00129. The maximum Gasteiger partial charge on any atom is 0.326 e. The molecule has 4 atom stereocenters. The predicted molar refractivity (Wildman–Crippen MR) is 145 cm³/mol. The van der Waals surface area contributed by atoms with Gasteiger partial charge in [0.25, 0.3) is 0 Å². The Kier molecular flexibility index (Phi) is 12.9. The lowest BCUT2D eigenvalue weighted by Gasteiger charge is -2.25. The molecule has 4 unspecified atom stereocenters. The second kappa shape index (κ2) is 16.1. The normalized spacial score (nSPS) is 13.8. The quantitative estimate of drug-likeness (QED) is 0.118. The summed E-state index contributed by atoms with van der Waals surface area (Å²) < 4.78 is 0. The number of hydrogen-bond donors (Lipinski definition) is 8. The van der Waals surface area contributed by atoms with Gasteiger partial charge < -0.3 is 42.0 Å². The van der Waals surface area contributed by atoms with Crippen LogP contribution in [0.25, 0.3) is 0 Å². The third-order valence-electron chi connectivity index (χ3n) is 5.85. The van der Waals surface area contributed by atoms with E-state index in [0.717, 1.165) is 0 Å². The summed E-state index contributed by atoms with van der Waals surface area (Å²) >= 11 is 1.50. The zero-order valence-electron chi connectivity index (χ0n) is 21.8. The Morgan fingerprint density at radius 2 is 1.55 bits per heavy atom. The maximum atomic E-state index is 13.3. The number of aliphatic carboxylic acids is 2. The number of H-pyrrole nitrogens is 1. The van der Waals surface area contributed by atoms with Crippen molar-refractivity contribution in [1.82, 2.24) is 25.9 Å². The first-order valence-corrected chi connectivity index (χ1v) is 13.7. The molecule has 9 N–H and O–H groups in total. The third kappa shape index (κ3) is 10.9. The van der Waals surface area contributed by atoms with E-state index >= 15 is 0 Å². The number of aromatic nitrogens is 2. The molecule has 0 aliphatic heterocycles. The van der Waals surface area contributed by atoms with Gasteiger partial charge in [-0.25, -0.2) is 9.78 Å². The largest absolute Gasteiger partial charge is 0.508 e. The fraction of sp³-hybridized carbons (Fsp3) is 0.440. The van der Waals surface area contributed by atoms with E-state index in [0.29, 0.717) is 23.4 Å². The molecule has 1 aromatic heterocycles. The summed E-state index contributed by atoms with van der Waals surface area (Å²) in [6.45, 7) is 0. The van der Waals surface area contributed by atoms with Gasteiger partial charge in [0.05, 0.1) is 12.4 Å². The van der Waals surface area contributed by atoms with Crippen molar-refractivity contribution in [3.05, 3.63) is 48.0 Å². The summed E-state index contributed by atoms with van der Waals surface area (Å²) in [5, 5.41) is 35.7. The van der Waals surface area contributed by atoms with Gasteiger partial charge in [0.2, 0.25) is 17.7 Å². The van der Waals surface area contributed by atoms with Crippen LogP contribution in [0.4, 0.5) is 0 Å². The summed E-state index contributed by atoms with van der Waals surface area (Å²) in [4.78, 5) is 68.6. The number of amides is 3. The number of hydrogen-bond acceptors (Lipinski definition) is 9. The van der Waals surface area contributed by atoms with E-state index in [1.54, 1.807) is 12.1 Å². The molecule has 0 saturated carbocycles. The summed E-state index contributed by atoms with van der Waals surface area (Å²) in [5.41, 5.74) is 6.97. The van der Waals surface area contributed by atoms with E-state index in [1.807, 2.05) is 6.26 Å². The first-order chi connectivity index (χ1) is 19.0. The highest BCUT2D eigenvalue weighted by molar-refractivity contribution is 7.98. The van der Waals surface area contributed by atoms with Crippen LogP contribution >= 0.6 is 11.8 Å². The molecule has 15 heteroatoms. The summed E-state index contributed by atoms with van der Waals surface area (Å²) in [6, 6.07) is 1.01. The van der Waals surface area contributed by atoms with Gasteiger partial charge in [-0.3, -0.25) is 19.2 Å². The molecule has 0 aliphatic carbocycles. The van der Waals surface area contributed by atoms with Gasteiger partial charge in [0, 0.05) is 31.2 Å². The number of carbonyl (C=O) groups excluding carboxylic acids is 3. The van der Waals surface area contributed by atoms with Crippen LogP contribution in [-0.2, 0) is 36.8 Å². The van der Waals surface area contributed by atoms with Crippen molar-refractivity contribution in [2.45, 2.75) is 56.3 Å². The first-order valence-electron chi connectivity index (χ1n) is 12.4. The zero-order chi connectivity index (χ0) is 29.7. The number of phenols is 1. The number of nitrogens with one attached hydrogen (secondary N) is 4. The monoisotopic (exact) mass is 578 g/mol. The molecule has 14 nitrogen and oxygen atoms in total. The number of nitrogens with two attached hydrogens (primary N) is 1. The summed E-state index contributed by atoms with van der Waals surface area (Å²) in [5.74, 6) is -4.26. The van der Waals surface area contributed by atoms with Crippen LogP contribution in [0.3, 0.4) is 0 Å². The number of carboxylic acids is 2. The van der Waals surface area contributed by atoms with Crippen molar-refractivity contribution in [2.24, 2.45) is 5.73 Å². The average molecular weight is 579 g/mol. The van der Waals surface area contributed by atoms with Crippen molar-refractivity contribution in [1.29, 1.82) is 0 Å². The van der Waals surface area contributed by atoms with Crippen molar-refractivity contribution in [3.63, 3.8) is 0 Å². The van der Waals surface area contributed by atoms with Gasteiger partial charge in [0.1, 0.15) is 23.9 Å². The van der Waals surface area contributed by atoms with Gasteiger partial charge in [-0.2, -0.15) is 11.8 Å². The first kappa shape index (κ1) is 32.1. The van der Waals surface area contributed by atoms with E-state index in [9.17, 15) is 34.2 Å². The highest BCUT2D eigenvalue weighted by Crippen LogP contribution is 2.12. The minimum atomic E-state index is -1.42. The van der Waals surface area contributed by atoms with Gasteiger partial charge in [0.15, 0.2) is 0 Å². The van der Waals surface area contributed by atoms with E-state index in [2.05, 4.69) is 25.9 Å². The molecule has 0 saturated heterocycles. The molecule has 0 bridgehead atoms. The van der Waals surface area contributed by atoms with Crippen molar-refractivity contribution in [3.8, 4) is 5.75 Å². The Hall–Kier alpha value is -4.11. The Morgan fingerprint density at radius 1 is 0.925 bits per heavy atom. The number of rotatable bonds is 17. The van der Waals surface area contributed by atoms with Gasteiger partial charge in [-0.15, -0.1) is 0 Å². The molecule has 0 spiro atoms. The Bertz CT molecular complexity index is 1140. The second-order valence-corrected chi connectivity index (χ2v) is 9.98. The topological polar surface area (TPSA) is 237 Å². The standard InChI is InChI=1S/C25H34N6O8S/c1-40-9-8-17(26)22(35)30-19(10-14-2-4-16(32)5-3-14)24(37)29-18(6-7-21(33)34)23(36)31-20(25(38)39)11-15-12-27-13-28-15/h2-5,12-13,17-20,32H,6-11,26H2,1H3,(H,27,28)(H,29,37)(H,30,35)(H,31,36)(H,33,34)(H,38,39). The Balaban J connectivity index is 2.23. The van der Waals surface area contributed by atoms with E-state index in [1.165, 1.54) is 36.4 Å². The molecule has 1 heterocycles. The number of thioether (sulfide) groups is 1. The number of nitrogens with zero attached hydrogens (tertiary/aromatic N) is 1. The average Bonchev–Trinajstić information content (AvgIpc) is 3.42. The molecular formula is C25H34N6O8S. The van der Waals surface area contributed by atoms with Crippen molar-refractivity contribution >= 4 is 41.4 Å². The van der Waals surface area contributed by atoms with Crippen LogP contribution in [0.2, 0.25) is 0 Å². The Labute approximate surface area is 234 Å². The molecule has 2 aromatic rings. The lowest BCUT2D eigenvalue weighted by atomic mass is 10.0. The summed E-state index contributed by atoms with van der Waals surface area (Å²) in [7, 11) is 0. The van der Waals surface area contributed by atoms with E-state index < -0.39 is 60.2 Å². The fourth-order valence-electron chi connectivity index (χ4n) is 3.63. The number of benzene rings is 1. The van der Waals surface area contributed by atoms with E-state index in [4.69, 9.17) is 10.8 Å². The maximum absolute atomic E-state index is 13.3. The molecule has 3 amide bonds. The highest BCUT2D eigenvalue weighted by atomic mass is 32.2. The number of carbonyl (C=O) groups is 5. The molecule has 1 aromatic carbocycles. The number of aromatic hydroxyl groups is 1. The molecule has 2 rings (SSSR count). The lowest BCUT2D eigenvalue weighted by molar-refractivity contribution is -0.143. The van der Waals surface area contributed by atoms with Gasteiger partial charge in [-0.05, 0) is 42.5 Å². The predicted octanol–water partition coefficient (Wildman–Crippen LogP) is -0.615. The molecule has 0 fully saturated rings. The van der Waals surface area contributed by atoms with Crippen molar-refractivity contribution < 1.29 is 39.3 Å². The van der Waals surface area contributed by atoms with Crippen molar-refractivity contribution in [2.75, 3.05) is 12.0 Å². The fourth-order valence-corrected chi connectivity index (χ4v) is 4.12. The highest BCUT2D eigenvalue weighted by Gasteiger charge is 2.31. The Morgan fingerprint density at radius 3 is 2.12 bits per heavy atom. The van der Waals surface area contributed by atoms with Crippen LogP contribution in [0.5, 0.6) is 5.75 Å². The van der Waals surface area contributed by atoms with Crippen LogP contribution in [0.1, 0.15) is 30.5 Å². The number of imidazole rings is 1. The minimum Gasteiger partial charge on any atom is -0.508 e. The SMILES string of the molecule is CSCCC(N)C(=O)NC(Cc1ccc(O)cc1)C(=O)NC(CCC(=O)O)C(=O)NC(Cc1cnc[nH]1)C(=O)O. The number of aromatic amines is 1. The van der Waals surface area contributed by atoms with Crippen LogP contribution in [0, 0.1) is 0 Å². The van der Waals surface area contributed by atoms with Gasteiger partial charge in [-0.1, -0.05) is 12.1 Å². The van der Waals surface area contributed by atoms with Crippen LogP contribution in [-0.4, -0.2) is 91.1 Å². The van der Waals surface area contributed by atoms with Gasteiger partial charge >= 0.3 is 11.9 Å². The molecule has 0 radical (unpaired) electrons. The molecular weight excluding hydrogens is 544 g/mol. The summed E-state index contributed by atoms with van der Waals surface area (Å²) in [6.07, 6.45) is 3.97. The van der Waals surface area contributed by atoms with Crippen LogP contribution < -0.4 is 21.7 Å². The number of carboxylic acid groups (broad SMARTS) is 2. The molecule has 218 valence electrons. The molecule has 40 heavy (non-hydrogen) atoms. The smallest absolute Gasteiger partial charge is 0.326 e. The van der Waals surface area contributed by atoms with E-state index in [-0.39, 0.29) is 25.0 Å². The van der Waals surface area contributed by atoms with Crippen LogP contribution in [0.15, 0.2) is 36.8 Å². The number of phenolic OH excluding ortho intramolecular Hbond substituents is 1. The second-order valence-electron chi connectivity index (χ2n) is 8.99. The zero-order valence-corrected chi connectivity index (χ0v) is 22.6. The third-order valence-corrected chi connectivity index (χ3v) is 6.50.